The Morgan fingerprint density at radius 3 is 2.57 bits per heavy atom. The topological polar surface area (TPSA) is 0 Å². The van der Waals surface area contributed by atoms with Gasteiger partial charge in [0.15, 0.2) is 0 Å². The summed E-state index contributed by atoms with van der Waals surface area (Å²) in [6.45, 7) is 3.66. The van der Waals surface area contributed by atoms with Gasteiger partial charge in [0.05, 0.1) is 0 Å². The lowest BCUT2D eigenvalue weighted by atomic mass is 10.3. The van der Waals surface area contributed by atoms with E-state index in [4.69, 9.17) is 0 Å². The monoisotopic (exact) mass is 100 g/mol. The Hall–Kier alpha value is -0.330. The first-order valence-corrected chi connectivity index (χ1v) is 2.60. The van der Waals surface area contributed by atoms with Crippen LogP contribution in [0, 0.1) is 0 Å². The van der Waals surface area contributed by atoms with Crippen molar-refractivity contribution in [1.29, 1.82) is 0 Å². The van der Waals surface area contributed by atoms with Gasteiger partial charge in [-0.1, -0.05) is 12.2 Å². The summed E-state index contributed by atoms with van der Waals surface area (Å²) >= 11 is 0. The summed E-state index contributed by atoms with van der Waals surface area (Å²) < 4.78 is 12.1. The van der Waals surface area contributed by atoms with Gasteiger partial charge in [-0.25, -0.2) is 4.39 Å². The molecule has 7 heavy (non-hydrogen) atoms. The smallest absolute Gasteiger partial charge is 0.104 e. The van der Waals surface area contributed by atoms with E-state index in [0.29, 0.717) is 12.8 Å². The Morgan fingerprint density at radius 1 is 1.71 bits per heavy atom. The molecule has 0 radical (unpaired) electrons. The Bertz CT molecular complexity index is 86.2. The standard InChI is InChI=1S/C6H9F/c1-5-2-3-6(7)4-5/h6H,1-4H2. The molecule has 0 spiro atoms. The quantitative estimate of drug-likeness (QED) is 0.409. The molecule has 40 valence electrons. The minimum Gasteiger partial charge on any atom is -0.247 e. The fourth-order valence-electron chi connectivity index (χ4n) is 0.878. The predicted molar refractivity (Wildman–Crippen MR) is 27.9 cm³/mol. The van der Waals surface area contributed by atoms with Crippen molar-refractivity contribution in [2.75, 3.05) is 0 Å². The Morgan fingerprint density at radius 2 is 2.43 bits per heavy atom. The zero-order valence-electron chi connectivity index (χ0n) is 4.28. The van der Waals surface area contributed by atoms with Gasteiger partial charge >= 0.3 is 0 Å². The Labute approximate surface area is 43.0 Å². The molecule has 1 heteroatoms. The number of halogens is 1. The number of rotatable bonds is 0. The molecule has 0 N–H and O–H groups in total. The highest BCUT2D eigenvalue weighted by atomic mass is 19.1. The first kappa shape index (κ1) is 4.82. The van der Waals surface area contributed by atoms with E-state index in [2.05, 4.69) is 6.58 Å². The van der Waals surface area contributed by atoms with Gasteiger partial charge in [-0.2, -0.15) is 0 Å². The lowest BCUT2D eigenvalue weighted by molar-refractivity contribution is 0.347. The first-order valence-electron chi connectivity index (χ1n) is 2.60. The molecular weight excluding hydrogens is 91.1 g/mol. The van der Waals surface area contributed by atoms with Gasteiger partial charge in [0.2, 0.25) is 0 Å². The summed E-state index contributed by atoms with van der Waals surface area (Å²) in [4.78, 5) is 0. The van der Waals surface area contributed by atoms with E-state index in [-0.39, 0.29) is 0 Å². The van der Waals surface area contributed by atoms with Crippen molar-refractivity contribution in [3.05, 3.63) is 12.2 Å². The van der Waals surface area contributed by atoms with E-state index >= 15 is 0 Å². The fraction of sp³-hybridized carbons (Fsp3) is 0.667. The molecule has 1 saturated carbocycles. The lowest BCUT2D eigenvalue weighted by Gasteiger charge is -1.87. The van der Waals surface area contributed by atoms with Crippen LogP contribution in [0.5, 0.6) is 0 Å². The molecule has 0 aromatic carbocycles. The molecule has 0 bridgehead atoms. The second-order valence-electron chi connectivity index (χ2n) is 2.09. The third-order valence-corrected chi connectivity index (χ3v) is 1.32. The van der Waals surface area contributed by atoms with Crippen LogP contribution in [0.25, 0.3) is 0 Å². The summed E-state index contributed by atoms with van der Waals surface area (Å²) in [6, 6.07) is 0. The van der Waals surface area contributed by atoms with Crippen LogP contribution in [0.2, 0.25) is 0 Å². The van der Waals surface area contributed by atoms with Crippen molar-refractivity contribution < 1.29 is 4.39 Å². The second-order valence-corrected chi connectivity index (χ2v) is 2.09. The van der Waals surface area contributed by atoms with E-state index in [0.717, 1.165) is 12.0 Å². The van der Waals surface area contributed by atoms with Crippen LogP contribution >= 0.6 is 0 Å². The molecule has 0 heterocycles. The molecule has 1 aliphatic rings. The molecule has 0 aliphatic heterocycles. The van der Waals surface area contributed by atoms with Crippen molar-refractivity contribution in [3.63, 3.8) is 0 Å². The van der Waals surface area contributed by atoms with Crippen molar-refractivity contribution in [1.82, 2.24) is 0 Å². The summed E-state index contributed by atoms with van der Waals surface area (Å²) in [6.07, 6.45) is 1.65. The predicted octanol–water partition coefficient (Wildman–Crippen LogP) is 2.06. The lowest BCUT2D eigenvalue weighted by Crippen LogP contribution is -1.86. The fourth-order valence-corrected chi connectivity index (χ4v) is 0.878. The summed E-state index contributed by atoms with van der Waals surface area (Å²) in [5.41, 5.74) is 1.08. The molecule has 0 aromatic rings. The molecule has 0 aromatic heterocycles. The Balaban J connectivity index is 2.40. The van der Waals surface area contributed by atoms with E-state index in [1.54, 1.807) is 0 Å². The summed E-state index contributed by atoms with van der Waals surface area (Å²) in [7, 11) is 0. The first-order chi connectivity index (χ1) is 3.29. The van der Waals surface area contributed by atoms with Gasteiger partial charge in [-0.15, -0.1) is 0 Å². The van der Waals surface area contributed by atoms with Gasteiger partial charge in [0.1, 0.15) is 6.17 Å². The molecule has 1 aliphatic carbocycles. The van der Waals surface area contributed by atoms with Crippen molar-refractivity contribution >= 4 is 0 Å². The van der Waals surface area contributed by atoms with Crippen LogP contribution in [0.1, 0.15) is 19.3 Å². The molecule has 0 nitrogen and oxygen atoms in total. The molecule has 0 saturated heterocycles. The van der Waals surface area contributed by atoms with Crippen molar-refractivity contribution in [2.45, 2.75) is 25.4 Å². The number of allylic oxidation sites excluding steroid dienone is 1. The van der Waals surface area contributed by atoms with Gasteiger partial charge in [0, 0.05) is 0 Å². The molecule has 1 unspecified atom stereocenters. The minimum absolute atomic E-state index is 0.576. The maximum Gasteiger partial charge on any atom is 0.104 e. The second kappa shape index (κ2) is 1.65. The third kappa shape index (κ3) is 1.02. The molecule has 1 atom stereocenters. The van der Waals surface area contributed by atoms with Crippen LogP contribution < -0.4 is 0 Å². The molecular formula is C6H9F. The maximum absolute atomic E-state index is 12.1. The molecule has 1 fully saturated rings. The molecule has 1 rings (SSSR count). The SMILES string of the molecule is C=C1CCC(F)C1. The van der Waals surface area contributed by atoms with E-state index in [1.807, 2.05) is 0 Å². The van der Waals surface area contributed by atoms with Crippen LogP contribution in [-0.2, 0) is 0 Å². The summed E-state index contributed by atoms with van der Waals surface area (Å²) in [5.74, 6) is 0. The van der Waals surface area contributed by atoms with E-state index in [9.17, 15) is 4.39 Å². The zero-order valence-corrected chi connectivity index (χ0v) is 4.28. The van der Waals surface area contributed by atoms with E-state index < -0.39 is 6.17 Å². The number of hydrogen-bond donors (Lipinski definition) is 0. The average molecular weight is 100 g/mol. The van der Waals surface area contributed by atoms with Gasteiger partial charge in [-0.05, 0) is 19.3 Å². The minimum atomic E-state index is -0.576. The van der Waals surface area contributed by atoms with Crippen LogP contribution in [0.4, 0.5) is 4.39 Å². The largest absolute Gasteiger partial charge is 0.247 e. The summed E-state index contributed by atoms with van der Waals surface area (Å²) in [5, 5.41) is 0. The van der Waals surface area contributed by atoms with Crippen LogP contribution in [0.15, 0.2) is 12.2 Å². The Kier molecular flexibility index (Phi) is 1.13. The molecule has 0 amide bonds. The van der Waals surface area contributed by atoms with Crippen LogP contribution in [-0.4, -0.2) is 6.17 Å². The normalized spacial score (nSPS) is 31.6. The van der Waals surface area contributed by atoms with Crippen molar-refractivity contribution in [3.8, 4) is 0 Å². The maximum atomic E-state index is 12.1. The highest BCUT2D eigenvalue weighted by Crippen LogP contribution is 2.24. The average Bonchev–Trinajstić information content (AvgIpc) is 1.87. The highest BCUT2D eigenvalue weighted by molar-refractivity contribution is 5.02. The van der Waals surface area contributed by atoms with Gasteiger partial charge in [0.25, 0.3) is 0 Å². The van der Waals surface area contributed by atoms with Crippen LogP contribution in [0.3, 0.4) is 0 Å². The number of hydrogen-bond acceptors (Lipinski definition) is 0. The number of alkyl halides is 1. The van der Waals surface area contributed by atoms with Gasteiger partial charge in [-0.3, -0.25) is 0 Å². The zero-order chi connectivity index (χ0) is 5.28. The van der Waals surface area contributed by atoms with Gasteiger partial charge < -0.3 is 0 Å². The third-order valence-electron chi connectivity index (χ3n) is 1.32. The van der Waals surface area contributed by atoms with Crippen molar-refractivity contribution in [2.24, 2.45) is 0 Å². The van der Waals surface area contributed by atoms with E-state index in [1.165, 1.54) is 0 Å². The highest BCUT2D eigenvalue weighted by Gasteiger charge is 2.15.